The Kier molecular flexibility index (Phi) is 7.63. The van der Waals surface area contributed by atoms with Crippen molar-refractivity contribution in [3.63, 3.8) is 0 Å². The summed E-state index contributed by atoms with van der Waals surface area (Å²) in [4.78, 5) is 24.9. The predicted molar refractivity (Wildman–Crippen MR) is 145 cm³/mol. The summed E-state index contributed by atoms with van der Waals surface area (Å²) < 4.78 is 1.86. The maximum Gasteiger partial charge on any atom is 0.239 e. The summed E-state index contributed by atoms with van der Waals surface area (Å²) in [5.74, 6) is 0.867. The first-order valence-electron chi connectivity index (χ1n) is 12.2. The molecular weight excluding hydrogens is 460 g/mol. The van der Waals surface area contributed by atoms with E-state index in [1.165, 1.54) is 16.9 Å². The highest BCUT2D eigenvalue weighted by Crippen LogP contribution is 2.34. The van der Waals surface area contributed by atoms with Crippen molar-refractivity contribution in [3.8, 4) is 11.3 Å². The van der Waals surface area contributed by atoms with Gasteiger partial charge in [0.1, 0.15) is 5.69 Å². The Labute approximate surface area is 212 Å². The molecule has 3 aromatic rings. The van der Waals surface area contributed by atoms with Crippen molar-refractivity contribution >= 4 is 33.2 Å². The zero-order chi connectivity index (χ0) is 25.2. The van der Waals surface area contributed by atoms with Crippen LogP contribution in [0.2, 0.25) is 0 Å². The lowest BCUT2D eigenvalue weighted by molar-refractivity contribution is -0.119. The number of aryl methyl sites for hydroxylation is 1. The number of imidazole rings is 1. The SMILES string of the molecule is Cc1ccc(-c2nc3sc(N(C)CC(=O)NCCN4CCN(C)CC4)nn3c2NC(C)(C)C)cc1. The fourth-order valence-electron chi connectivity index (χ4n) is 4.04. The van der Waals surface area contributed by atoms with E-state index >= 15 is 0 Å². The number of hydrogen-bond donors (Lipinski definition) is 2. The van der Waals surface area contributed by atoms with E-state index in [1.54, 1.807) is 0 Å². The minimum absolute atomic E-state index is 0.00264. The number of nitrogens with zero attached hydrogens (tertiary/aromatic N) is 6. The Morgan fingerprint density at radius 3 is 2.49 bits per heavy atom. The normalized spacial score (nSPS) is 15.5. The van der Waals surface area contributed by atoms with Crippen LogP contribution in [0.15, 0.2) is 24.3 Å². The van der Waals surface area contributed by atoms with Crippen LogP contribution in [-0.4, -0.2) is 95.8 Å². The molecule has 1 amide bonds. The summed E-state index contributed by atoms with van der Waals surface area (Å²) in [6, 6.07) is 8.38. The van der Waals surface area contributed by atoms with Gasteiger partial charge in [-0.3, -0.25) is 9.69 Å². The lowest BCUT2D eigenvalue weighted by Gasteiger charge is -2.32. The second-order valence-corrected chi connectivity index (χ2v) is 11.4. The van der Waals surface area contributed by atoms with Crippen LogP contribution >= 0.6 is 11.3 Å². The fraction of sp³-hybridized carbons (Fsp3) is 0.560. The van der Waals surface area contributed by atoms with Crippen LogP contribution in [0.5, 0.6) is 0 Å². The van der Waals surface area contributed by atoms with Gasteiger partial charge in [0, 0.05) is 57.4 Å². The molecule has 4 rings (SSSR count). The lowest BCUT2D eigenvalue weighted by Crippen LogP contribution is -2.47. The number of benzene rings is 1. The Bertz CT molecular complexity index is 1140. The van der Waals surface area contributed by atoms with Gasteiger partial charge in [0.15, 0.2) is 5.82 Å². The highest BCUT2D eigenvalue weighted by Gasteiger charge is 2.23. The van der Waals surface area contributed by atoms with Crippen LogP contribution in [0.3, 0.4) is 0 Å². The molecule has 3 heterocycles. The first kappa shape index (κ1) is 25.4. The van der Waals surface area contributed by atoms with Crippen LogP contribution < -0.4 is 15.5 Å². The smallest absolute Gasteiger partial charge is 0.239 e. The molecule has 2 aromatic heterocycles. The molecule has 1 aromatic carbocycles. The van der Waals surface area contributed by atoms with Crippen molar-refractivity contribution in [2.75, 3.05) is 70.1 Å². The standard InChI is InChI=1S/C25H38N8OS/c1-18-7-9-19(10-8-18)21-22(28-25(2,3)4)33-23(27-21)35-24(29-33)31(6)17-20(34)26-11-12-32-15-13-30(5)14-16-32/h7-10,28H,11-17H2,1-6H3,(H,26,34). The summed E-state index contributed by atoms with van der Waals surface area (Å²) in [5, 5.41) is 12.2. The van der Waals surface area contributed by atoms with E-state index in [-0.39, 0.29) is 18.0 Å². The molecule has 0 bridgehead atoms. The number of anilines is 2. The third-order valence-electron chi connectivity index (χ3n) is 6.06. The van der Waals surface area contributed by atoms with Gasteiger partial charge in [0.05, 0.1) is 6.54 Å². The predicted octanol–water partition coefficient (Wildman–Crippen LogP) is 2.78. The number of aromatic nitrogens is 3. The molecule has 0 aliphatic carbocycles. The largest absolute Gasteiger partial charge is 0.364 e. The number of hydrogen-bond acceptors (Lipinski definition) is 8. The van der Waals surface area contributed by atoms with Crippen molar-refractivity contribution in [1.29, 1.82) is 0 Å². The van der Waals surface area contributed by atoms with Crippen LogP contribution in [-0.2, 0) is 4.79 Å². The van der Waals surface area contributed by atoms with E-state index in [0.29, 0.717) is 6.54 Å². The van der Waals surface area contributed by atoms with Gasteiger partial charge < -0.3 is 20.4 Å². The number of piperazine rings is 1. The highest BCUT2D eigenvalue weighted by molar-refractivity contribution is 7.20. The molecule has 0 saturated carbocycles. The summed E-state index contributed by atoms with van der Waals surface area (Å²) in [5.41, 5.74) is 2.99. The fourth-order valence-corrected chi connectivity index (χ4v) is 4.90. The van der Waals surface area contributed by atoms with Gasteiger partial charge in [-0.05, 0) is 34.7 Å². The minimum atomic E-state index is -0.158. The first-order valence-corrected chi connectivity index (χ1v) is 13.0. The molecule has 1 aliphatic rings. The van der Waals surface area contributed by atoms with Crippen LogP contribution in [0.1, 0.15) is 26.3 Å². The number of nitrogens with one attached hydrogen (secondary N) is 2. The van der Waals surface area contributed by atoms with Gasteiger partial charge in [-0.1, -0.05) is 41.2 Å². The maximum atomic E-state index is 12.6. The molecule has 0 unspecified atom stereocenters. The Morgan fingerprint density at radius 1 is 1.14 bits per heavy atom. The summed E-state index contributed by atoms with van der Waals surface area (Å²) >= 11 is 1.49. The van der Waals surface area contributed by atoms with E-state index in [4.69, 9.17) is 10.1 Å². The van der Waals surface area contributed by atoms with Crippen LogP contribution in [0.4, 0.5) is 10.9 Å². The quantitative estimate of drug-likeness (QED) is 0.494. The lowest BCUT2D eigenvalue weighted by atomic mass is 10.1. The van der Waals surface area contributed by atoms with Gasteiger partial charge in [-0.25, -0.2) is 4.98 Å². The number of likely N-dealkylation sites (N-methyl/N-ethyl adjacent to an activating group) is 2. The molecule has 2 N–H and O–H groups in total. The van der Waals surface area contributed by atoms with Gasteiger partial charge >= 0.3 is 0 Å². The van der Waals surface area contributed by atoms with Crippen molar-refractivity contribution < 1.29 is 4.79 Å². The zero-order valence-electron chi connectivity index (χ0n) is 21.8. The number of carbonyl (C=O) groups excluding carboxylic acids is 1. The Hall–Kier alpha value is -2.69. The minimum Gasteiger partial charge on any atom is -0.364 e. The van der Waals surface area contributed by atoms with E-state index in [0.717, 1.165) is 59.9 Å². The second-order valence-electron chi connectivity index (χ2n) is 10.5. The summed E-state index contributed by atoms with van der Waals surface area (Å²) in [6.07, 6.45) is 0. The van der Waals surface area contributed by atoms with Crippen molar-refractivity contribution in [1.82, 2.24) is 29.7 Å². The van der Waals surface area contributed by atoms with E-state index < -0.39 is 0 Å². The van der Waals surface area contributed by atoms with Crippen molar-refractivity contribution in [3.05, 3.63) is 29.8 Å². The molecule has 1 saturated heterocycles. The van der Waals surface area contributed by atoms with Crippen LogP contribution in [0, 0.1) is 6.92 Å². The summed E-state index contributed by atoms with van der Waals surface area (Å²) in [7, 11) is 4.05. The van der Waals surface area contributed by atoms with Crippen molar-refractivity contribution in [2.45, 2.75) is 33.2 Å². The van der Waals surface area contributed by atoms with E-state index in [1.807, 2.05) is 16.5 Å². The van der Waals surface area contributed by atoms with Gasteiger partial charge in [-0.2, -0.15) is 4.52 Å². The Balaban J connectivity index is 1.43. The van der Waals surface area contributed by atoms with Crippen molar-refractivity contribution in [2.24, 2.45) is 0 Å². The van der Waals surface area contributed by atoms with E-state index in [9.17, 15) is 4.79 Å². The highest BCUT2D eigenvalue weighted by atomic mass is 32.1. The van der Waals surface area contributed by atoms with Gasteiger partial charge in [-0.15, -0.1) is 5.10 Å². The molecule has 0 atom stereocenters. The summed E-state index contributed by atoms with van der Waals surface area (Å²) in [6.45, 7) is 14.5. The van der Waals surface area contributed by atoms with Gasteiger partial charge in [0.2, 0.25) is 16.0 Å². The molecule has 1 aliphatic heterocycles. The zero-order valence-corrected chi connectivity index (χ0v) is 22.6. The third kappa shape index (κ3) is 6.50. The average molecular weight is 499 g/mol. The molecule has 0 spiro atoms. The molecule has 35 heavy (non-hydrogen) atoms. The molecular formula is C25H38N8OS. The third-order valence-corrected chi connectivity index (χ3v) is 7.09. The Morgan fingerprint density at radius 2 is 1.83 bits per heavy atom. The number of amides is 1. The second kappa shape index (κ2) is 10.5. The number of rotatable bonds is 8. The molecule has 10 heteroatoms. The van der Waals surface area contributed by atoms with Gasteiger partial charge in [0.25, 0.3) is 0 Å². The number of carbonyl (C=O) groups is 1. The number of fused-ring (bicyclic) bond motifs is 1. The van der Waals surface area contributed by atoms with E-state index in [2.05, 4.69) is 79.4 Å². The maximum absolute atomic E-state index is 12.6. The molecule has 0 radical (unpaired) electrons. The topological polar surface area (TPSA) is 81.0 Å². The average Bonchev–Trinajstić information content (AvgIpc) is 3.34. The monoisotopic (exact) mass is 498 g/mol. The molecule has 1 fully saturated rings. The molecule has 9 nitrogen and oxygen atoms in total. The van der Waals surface area contributed by atoms with Crippen LogP contribution in [0.25, 0.3) is 16.2 Å². The first-order chi connectivity index (χ1) is 16.6. The molecule has 190 valence electrons.